The molecule has 0 aliphatic heterocycles. The van der Waals surface area contributed by atoms with Crippen LogP contribution in [0.4, 0.5) is 4.79 Å². The molecule has 0 bridgehead atoms. The Labute approximate surface area is 207 Å². The zero-order valence-corrected chi connectivity index (χ0v) is 19.7. The van der Waals surface area contributed by atoms with E-state index in [4.69, 9.17) is 21.1 Å². The molecule has 0 fully saturated rings. The number of benzene rings is 3. The lowest BCUT2D eigenvalue weighted by Crippen LogP contribution is -2.42. The van der Waals surface area contributed by atoms with Crippen LogP contribution in [0.1, 0.15) is 21.5 Å². The number of rotatable bonds is 10. The van der Waals surface area contributed by atoms with Crippen molar-refractivity contribution in [1.29, 1.82) is 0 Å². The molecule has 0 saturated carbocycles. The van der Waals surface area contributed by atoms with E-state index in [1.807, 2.05) is 24.3 Å². The van der Waals surface area contributed by atoms with E-state index in [1.54, 1.807) is 49.6 Å². The topological polar surface area (TPSA) is 114 Å². The Balaban J connectivity index is 1.50. The normalized spacial score (nSPS) is 11.3. The van der Waals surface area contributed by atoms with Crippen molar-refractivity contribution in [3.05, 3.63) is 94.5 Å². The predicted molar refractivity (Wildman–Crippen MR) is 131 cm³/mol. The van der Waals surface area contributed by atoms with Gasteiger partial charge in [0.25, 0.3) is 5.91 Å². The summed E-state index contributed by atoms with van der Waals surface area (Å²) in [6, 6.07) is 19.2. The van der Waals surface area contributed by atoms with E-state index in [-0.39, 0.29) is 17.0 Å². The third kappa shape index (κ3) is 7.75. The van der Waals surface area contributed by atoms with Gasteiger partial charge in [0.1, 0.15) is 17.5 Å². The fourth-order valence-corrected chi connectivity index (χ4v) is 3.51. The van der Waals surface area contributed by atoms with Crippen molar-refractivity contribution in [2.75, 3.05) is 13.7 Å². The van der Waals surface area contributed by atoms with Gasteiger partial charge in [-0.05, 0) is 53.9 Å². The number of nitrogens with one attached hydrogen (secondary N) is 2. The van der Waals surface area contributed by atoms with Crippen molar-refractivity contribution < 1.29 is 29.0 Å². The van der Waals surface area contributed by atoms with E-state index >= 15 is 0 Å². The van der Waals surface area contributed by atoms with E-state index in [0.717, 1.165) is 11.3 Å². The predicted octanol–water partition coefficient (Wildman–Crippen LogP) is 4.11. The first kappa shape index (κ1) is 25.6. The summed E-state index contributed by atoms with van der Waals surface area (Å²) in [4.78, 5) is 36.2. The van der Waals surface area contributed by atoms with Gasteiger partial charge < -0.3 is 25.2 Å². The van der Waals surface area contributed by atoms with Crippen LogP contribution in [0.25, 0.3) is 0 Å². The molecule has 35 heavy (non-hydrogen) atoms. The molecule has 1 unspecified atom stereocenters. The first-order valence-electron chi connectivity index (χ1n) is 10.8. The maximum absolute atomic E-state index is 12.4. The summed E-state index contributed by atoms with van der Waals surface area (Å²) >= 11 is 6.02. The van der Waals surface area contributed by atoms with Gasteiger partial charge in [-0.1, -0.05) is 48.0 Å². The van der Waals surface area contributed by atoms with Crippen LogP contribution in [0.5, 0.6) is 11.5 Å². The van der Waals surface area contributed by atoms with Gasteiger partial charge in [0.15, 0.2) is 0 Å². The van der Waals surface area contributed by atoms with Gasteiger partial charge in [-0.3, -0.25) is 4.79 Å². The second-order valence-corrected chi connectivity index (χ2v) is 8.02. The zero-order chi connectivity index (χ0) is 25.2. The first-order valence-corrected chi connectivity index (χ1v) is 11.2. The van der Waals surface area contributed by atoms with Gasteiger partial charge in [0.05, 0.1) is 17.7 Å². The zero-order valence-electron chi connectivity index (χ0n) is 19.0. The molecule has 0 aliphatic carbocycles. The van der Waals surface area contributed by atoms with E-state index in [9.17, 15) is 19.5 Å². The Morgan fingerprint density at radius 1 is 0.943 bits per heavy atom. The van der Waals surface area contributed by atoms with Crippen LogP contribution < -0.4 is 20.1 Å². The number of carboxylic acids is 1. The van der Waals surface area contributed by atoms with Gasteiger partial charge in [-0.2, -0.15) is 0 Å². The van der Waals surface area contributed by atoms with Crippen molar-refractivity contribution >= 4 is 29.6 Å². The van der Waals surface area contributed by atoms with Crippen molar-refractivity contribution in [3.8, 4) is 11.5 Å². The molecule has 0 heterocycles. The maximum atomic E-state index is 12.4. The summed E-state index contributed by atoms with van der Waals surface area (Å²) in [6.07, 6.45) is 0.0522. The molecule has 3 rings (SSSR count). The van der Waals surface area contributed by atoms with E-state index in [0.29, 0.717) is 24.3 Å². The Morgan fingerprint density at radius 3 is 2.37 bits per heavy atom. The number of carbonyl (C=O) groups is 3. The number of halogens is 1. The first-order chi connectivity index (χ1) is 16.9. The molecule has 0 spiro atoms. The fraction of sp³-hybridized carbons (Fsp3) is 0.192. The largest absolute Gasteiger partial charge is 0.497 e. The second-order valence-electron chi connectivity index (χ2n) is 7.61. The monoisotopic (exact) mass is 496 g/mol. The Morgan fingerprint density at radius 2 is 1.69 bits per heavy atom. The molecule has 8 nitrogen and oxygen atoms in total. The summed E-state index contributed by atoms with van der Waals surface area (Å²) in [5, 5.41) is 14.9. The van der Waals surface area contributed by atoms with Crippen molar-refractivity contribution in [1.82, 2.24) is 10.6 Å². The smallest absolute Gasteiger partial charge is 0.412 e. The van der Waals surface area contributed by atoms with E-state index in [1.165, 1.54) is 6.07 Å². The molecule has 1 atom stereocenters. The van der Waals surface area contributed by atoms with E-state index < -0.39 is 24.0 Å². The van der Waals surface area contributed by atoms with Crippen LogP contribution in [0.3, 0.4) is 0 Å². The van der Waals surface area contributed by atoms with Crippen LogP contribution in [0, 0.1) is 0 Å². The lowest BCUT2D eigenvalue weighted by Gasteiger charge is -2.15. The van der Waals surface area contributed by atoms with Gasteiger partial charge in [0.2, 0.25) is 0 Å². The number of methoxy groups -OCH3 is 1. The standard InChI is InChI=1S/C26H25ClN2O6/c1-34-20-6-4-5-17(15-20)13-14-28-26(33)35-19-11-9-18(10-12-19)16-23(25(31)32)29-24(30)21-7-2-3-8-22(21)27/h2-12,15,23H,13-14,16H2,1H3,(H,28,33)(H,29,30)(H,31,32). The van der Waals surface area contributed by atoms with Crippen LogP contribution >= 0.6 is 11.6 Å². The Kier molecular flexibility index (Phi) is 9.09. The highest BCUT2D eigenvalue weighted by atomic mass is 35.5. The summed E-state index contributed by atoms with van der Waals surface area (Å²) in [6.45, 7) is 0.384. The highest BCUT2D eigenvalue weighted by molar-refractivity contribution is 6.33. The van der Waals surface area contributed by atoms with Crippen LogP contribution in [-0.4, -0.2) is 42.8 Å². The number of ether oxygens (including phenoxy) is 2. The summed E-state index contributed by atoms with van der Waals surface area (Å²) in [5.41, 5.74) is 1.85. The van der Waals surface area contributed by atoms with Gasteiger partial charge in [-0.15, -0.1) is 0 Å². The van der Waals surface area contributed by atoms with Gasteiger partial charge in [-0.25, -0.2) is 9.59 Å². The summed E-state index contributed by atoms with van der Waals surface area (Å²) < 4.78 is 10.4. The minimum Gasteiger partial charge on any atom is -0.497 e. The van der Waals surface area contributed by atoms with Crippen molar-refractivity contribution in [2.24, 2.45) is 0 Å². The molecule has 0 aromatic heterocycles. The van der Waals surface area contributed by atoms with Crippen LogP contribution in [-0.2, 0) is 17.6 Å². The van der Waals surface area contributed by atoms with Crippen LogP contribution in [0.2, 0.25) is 5.02 Å². The minimum absolute atomic E-state index is 0.0402. The third-order valence-electron chi connectivity index (χ3n) is 5.11. The number of hydrogen-bond donors (Lipinski definition) is 3. The highest BCUT2D eigenvalue weighted by Crippen LogP contribution is 2.17. The van der Waals surface area contributed by atoms with Gasteiger partial charge in [0, 0.05) is 13.0 Å². The average Bonchev–Trinajstić information content (AvgIpc) is 2.85. The number of carbonyl (C=O) groups excluding carboxylic acids is 2. The molecular weight excluding hydrogens is 472 g/mol. The molecule has 3 aromatic rings. The van der Waals surface area contributed by atoms with E-state index in [2.05, 4.69) is 10.6 Å². The molecule has 3 N–H and O–H groups in total. The van der Waals surface area contributed by atoms with Gasteiger partial charge >= 0.3 is 12.1 Å². The average molecular weight is 497 g/mol. The minimum atomic E-state index is -1.18. The second kappa shape index (κ2) is 12.4. The number of carboxylic acid groups (broad SMARTS) is 1. The number of amides is 2. The quantitative estimate of drug-likeness (QED) is 0.389. The van der Waals surface area contributed by atoms with Crippen LogP contribution in [0.15, 0.2) is 72.8 Å². The van der Waals surface area contributed by atoms with Crippen molar-refractivity contribution in [2.45, 2.75) is 18.9 Å². The fourth-order valence-electron chi connectivity index (χ4n) is 3.29. The molecule has 2 amide bonds. The summed E-state index contributed by atoms with van der Waals surface area (Å²) in [7, 11) is 1.60. The Bertz CT molecular complexity index is 1180. The molecule has 0 radical (unpaired) electrons. The molecule has 0 saturated heterocycles. The number of aliphatic carboxylic acids is 1. The molecule has 182 valence electrons. The summed E-state index contributed by atoms with van der Waals surface area (Å²) in [5.74, 6) is -0.701. The highest BCUT2D eigenvalue weighted by Gasteiger charge is 2.22. The van der Waals surface area contributed by atoms with Crippen molar-refractivity contribution in [3.63, 3.8) is 0 Å². The lowest BCUT2D eigenvalue weighted by molar-refractivity contribution is -0.139. The third-order valence-corrected chi connectivity index (χ3v) is 5.44. The molecular formula is C26H25ClN2O6. The SMILES string of the molecule is COc1cccc(CCNC(=O)Oc2ccc(CC(NC(=O)c3ccccc3Cl)C(=O)O)cc2)c1. The number of hydrogen-bond acceptors (Lipinski definition) is 5. The molecule has 0 aliphatic rings. The molecule has 3 aromatic carbocycles. The Hall–Kier alpha value is -4.04. The molecule has 9 heteroatoms. The lowest BCUT2D eigenvalue weighted by atomic mass is 10.1. The maximum Gasteiger partial charge on any atom is 0.412 e.